The van der Waals surface area contributed by atoms with Gasteiger partial charge in [-0.25, -0.2) is 4.98 Å². The summed E-state index contributed by atoms with van der Waals surface area (Å²) in [7, 11) is 0. The van der Waals surface area contributed by atoms with Crippen molar-refractivity contribution in [2.24, 2.45) is 0 Å². The Morgan fingerprint density at radius 1 is 1.06 bits per heavy atom. The van der Waals surface area contributed by atoms with Gasteiger partial charge in [0.05, 0.1) is 5.69 Å². The summed E-state index contributed by atoms with van der Waals surface area (Å²) in [5.74, 6) is 0.675. The van der Waals surface area contributed by atoms with Crippen LogP contribution in [-0.4, -0.2) is 11.5 Å². The summed E-state index contributed by atoms with van der Waals surface area (Å²) in [5.41, 5.74) is 2.15. The van der Waals surface area contributed by atoms with Crippen molar-refractivity contribution < 1.29 is 4.74 Å². The molecule has 0 aliphatic heterocycles. The summed E-state index contributed by atoms with van der Waals surface area (Å²) >= 11 is 0. The molecule has 1 aromatic heterocycles. The first-order chi connectivity index (χ1) is 8.88. The predicted molar refractivity (Wildman–Crippen MR) is 72.4 cm³/mol. The lowest BCUT2D eigenvalue weighted by atomic mass is 10.2. The maximum Gasteiger partial charge on any atom is 0.213 e. The van der Waals surface area contributed by atoms with E-state index in [-0.39, 0.29) is 0 Å². The highest BCUT2D eigenvalue weighted by molar-refractivity contribution is 5.18. The fraction of sp³-hybridized carbons (Fsp3) is 0.267. The van der Waals surface area contributed by atoms with Gasteiger partial charge in [0.25, 0.3) is 0 Å². The van der Waals surface area contributed by atoms with Crippen molar-refractivity contribution in [3.8, 4) is 5.88 Å². The first-order valence-corrected chi connectivity index (χ1v) is 6.22. The van der Waals surface area contributed by atoms with Crippen LogP contribution >= 0.6 is 0 Å². The van der Waals surface area contributed by atoms with Crippen molar-refractivity contribution in [2.75, 3.05) is 6.54 Å². The molecule has 0 bridgehead atoms. The second kappa shape index (κ2) is 6.77. The third kappa shape index (κ3) is 3.86. The molecule has 0 saturated carbocycles. The van der Waals surface area contributed by atoms with E-state index >= 15 is 0 Å². The van der Waals surface area contributed by atoms with Crippen LogP contribution < -0.4 is 10.1 Å². The SMILES string of the molecule is CCNCc1cccc(OCc2ccccc2)n1. The summed E-state index contributed by atoms with van der Waals surface area (Å²) in [6, 6.07) is 16.0. The minimum absolute atomic E-state index is 0.554. The average Bonchev–Trinajstić information content (AvgIpc) is 2.44. The lowest BCUT2D eigenvalue weighted by Gasteiger charge is -2.07. The summed E-state index contributed by atoms with van der Waals surface area (Å²) in [6.07, 6.45) is 0. The lowest BCUT2D eigenvalue weighted by Crippen LogP contribution is -2.13. The van der Waals surface area contributed by atoms with Gasteiger partial charge >= 0.3 is 0 Å². The van der Waals surface area contributed by atoms with Crippen LogP contribution in [0.15, 0.2) is 48.5 Å². The molecule has 0 spiro atoms. The Kier molecular flexibility index (Phi) is 4.73. The Bertz CT molecular complexity index is 471. The van der Waals surface area contributed by atoms with Crippen LogP contribution in [0.4, 0.5) is 0 Å². The van der Waals surface area contributed by atoms with E-state index in [0.29, 0.717) is 12.5 Å². The van der Waals surface area contributed by atoms with Gasteiger partial charge in [0.1, 0.15) is 6.61 Å². The first kappa shape index (κ1) is 12.6. The van der Waals surface area contributed by atoms with E-state index in [9.17, 15) is 0 Å². The minimum atomic E-state index is 0.554. The van der Waals surface area contributed by atoms with Crippen LogP contribution in [0.3, 0.4) is 0 Å². The van der Waals surface area contributed by atoms with Gasteiger partial charge in [-0.3, -0.25) is 0 Å². The highest BCUT2D eigenvalue weighted by Gasteiger charge is 1.99. The Morgan fingerprint density at radius 3 is 2.67 bits per heavy atom. The molecule has 0 unspecified atom stereocenters. The number of rotatable bonds is 6. The zero-order chi connectivity index (χ0) is 12.6. The zero-order valence-corrected chi connectivity index (χ0v) is 10.6. The van der Waals surface area contributed by atoms with Gasteiger partial charge in [-0.2, -0.15) is 0 Å². The van der Waals surface area contributed by atoms with Crippen LogP contribution in [0.25, 0.3) is 0 Å². The van der Waals surface area contributed by atoms with Crippen molar-refractivity contribution in [2.45, 2.75) is 20.1 Å². The third-order valence-corrected chi connectivity index (χ3v) is 2.57. The van der Waals surface area contributed by atoms with Gasteiger partial charge in [-0.15, -0.1) is 0 Å². The van der Waals surface area contributed by atoms with Gasteiger partial charge in [-0.05, 0) is 18.2 Å². The second-order valence-electron chi connectivity index (χ2n) is 4.02. The van der Waals surface area contributed by atoms with E-state index in [4.69, 9.17) is 4.74 Å². The molecule has 1 heterocycles. The molecule has 0 atom stereocenters. The molecule has 0 aliphatic rings. The Balaban J connectivity index is 1.93. The topological polar surface area (TPSA) is 34.1 Å². The van der Waals surface area contributed by atoms with E-state index in [1.807, 2.05) is 48.5 Å². The molecule has 3 heteroatoms. The molecular formula is C15H18N2O. The molecule has 0 radical (unpaired) electrons. The molecule has 0 amide bonds. The smallest absolute Gasteiger partial charge is 0.213 e. The van der Waals surface area contributed by atoms with E-state index < -0.39 is 0 Å². The number of nitrogens with zero attached hydrogens (tertiary/aromatic N) is 1. The third-order valence-electron chi connectivity index (χ3n) is 2.57. The maximum absolute atomic E-state index is 5.67. The number of benzene rings is 1. The quantitative estimate of drug-likeness (QED) is 0.845. The molecule has 1 aromatic carbocycles. The van der Waals surface area contributed by atoms with Crippen molar-refractivity contribution in [3.63, 3.8) is 0 Å². The molecule has 0 fully saturated rings. The molecule has 1 N–H and O–H groups in total. The monoisotopic (exact) mass is 242 g/mol. The largest absolute Gasteiger partial charge is 0.473 e. The molecule has 0 aliphatic carbocycles. The van der Waals surface area contributed by atoms with Gasteiger partial charge in [0, 0.05) is 12.6 Å². The second-order valence-corrected chi connectivity index (χ2v) is 4.02. The van der Waals surface area contributed by atoms with Crippen molar-refractivity contribution in [1.82, 2.24) is 10.3 Å². The van der Waals surface area contributed by atoms with Crippen LogP contribution in [0.1, 0.15) is 18.2 Å². The lowest BCUT2D eigenvalue weighted by molar-refractivity contribution is 0.293. The van der Waals surface area contributed by atoms with Crippen LogP contribution in [0, 0.1) is 0 Å². The average molecular weight is 242 g/mol. The number of hydrogen-bond acceptors (Lipinski definition) is 3. The van der Waals surface area contributed by atoms with Crippen LogP contribution in [0.5, 0.6) is 5.88 Å². The standard InChI is InChI=1S/C15H18N2O/c1-2-16-11-14-9-6-10-15(17-14)18-12-13-7-4-3-5-8-13/h3-10,16H,2,11-12H2,1H3. The van der Waals surface area contributed by atoms with Crippen molar-refractivity contribution in [3.05, 3.63) is 59.8 Å². The Hall–Kier alpha value is -1.87. The van der Waals surface area contributed by atoms with E-state index in [1.54, 1.807) is 0 Å². The van der Waals surface area contributed by atoms with Crippen molar-refractivity contribution >= 4 is 0 Å². The molecular weight excluding hydrogens is 224 g/mol. The number of aromatic nitrogens is 1. The number of ether oxygens (including phenoxy) is 1. The Morgan fingerprint density at radius 2 is 1.89 bits per heavy atom. The summed E-state index contributed by atoms with van der Waals surface area (Å²) in [5, 5.41) is 3.25. The molecule has 0 saturated heterocycles. The van der Waals surface area contributed by atoms with E-state index in [1.165, 1.54) is 0 Å². The number of nitrogens with one attached hydrogen (secondary N) is 1. The molecule has 2 aromatic rings. The minimum Gasteiger partial charge on any atom is -0.473 e. The van der Waals surface area contributed by atoms with Crippen LogP contribution in [-0.2, 0) is 13.2 Å². The summed E-state index contributed by atoms with van der Waals surface area (Å²) < 4.78 is 5.67. The van der Waals surface area contributed by atoms with Gasteiger partial charge in [-0.1, -0.05) is 43.3 Å². The van der Waals surface area contributed by atoms with Gasteiger partial charge in [0.2, 0.25) is 5.88 Å². The first-order valence-electron chi connectivity index (χ1n) is 6.22. The Labute approximate surface area is 108 Å². The van der Waals surface area contributed by atoms with E-state index in [2.05, 4.69) is 17.2 Å². The normalized spacial score (nSPS) is 10.3. The van der Waals surface area contributed by atoms with Gasteiger partial charge in [0.15, 0.2) is 0 Å². The highest BCUT2D eigenvalue weighted by Crippen LogP contribution is 2.10. The number of hydrogen-bond donors (Lipinski definition) is 1. The molecule has 94 valence electrons. The molecule has 3 nitrogen and oxygen atoms in total. The zero-order valence-electron chi connectivity index (χ0n) is 10.6. The van der Waals surface area contributed by atoms with Crippen LogP contribution in [0.2, 0.25) is 0 Å². The predicted octanol–water partition coefficient (Wildman–Crippen LogP) is 2.77. The maximum atomic E-state index is 5.67. The van der Waals surface area contributed by atoms with Gasteiger partial charge < -0.3 is 10.1 Å². The summed E-state index contributed by atoms with van der Waals surface area (Å²) in [4.78, 5) is 4.44. The fourth-order valence-corrected chi connectivity index (χ4v) is 1.62. The summed E-state index contributed by atoms with van der Waals surface area (Å²) in [6.45, 7) is 4.35. The highest BCUT2D eigenvalue weighted by atomic mass is 16.5. The number of pyridine rings is 1. The fourth-order valence-electron chi connectivity index (χ4n) is 1.62. The van der Waals surface area contributed by atoms with E-state index in [0.717, 1.165) is 24.3 Å². The molecule has 18 heavy (non-hydrogen) atoms. The molecule has 2 rings (SSSR count). The van der Waals surface area contributed by atoms with Crippen molar-refractivity contribution in [1.29, 1.82) is 0 Å².